The van der Waals surface area contributed by atoms with Gasteiger partial charge in [0.1, 0.15) is 11.3 Å². The highest BCUT2D eigenvalue weighted by Crippen LogP contribution is 2.35. The summed E-state index contributed by atoms with van der Waals surface area (Å²) >= 11 is 0. The van der Waals surface area contributed by atoms with E-state index in [9.17, 15) is 14.4 Å². The van der Waals surface area contributed by atoms with Crippen molar-refractivity contribution in [2.24, 2.45) is 5.41 Å². The minimum Gasteiger partial charge on any atom is -0.317 e. The Morgan fingerprint density at radius 2 is 1.83 bits per heavy atom. The van der Waals surface area contributed by atoms with Crippen LogP contribution < -0.4 is 15.9 Å². The molecule has 152 valence electrons. The molecule has 2 heterocycles. The normalized spacial score (nSPS) is 14.8. The Bertz CT molecular complexity index is 1190. The predicted molar refractivity (Wildman–Crippen MR) is 114 cm³/mol. The first-order chi connectivity index (χ1) is 14.2. The minimum absolute atomic E-state index is 0.0498. The molecule has 2 aromatic heterocycles. The van der Waals surface area contributed by atoms with Crippen LogP contribution in [-0.4, -0.2) is 16.3 Å². The molecule has 1 aromatic carbocycles. The molecule has 0 fully saturated rings. The van der Waals surface area contributed by atoms with E-state index in [1.807, 2.05) is 45.0 Å². The summed E-state index contributed by atoms with van der Waals surface area (Å²) in [5.74, 6) is -0.592. The SMILES string of the molecule is Cc1ccc(-n2c3c(cc(C(=O)Nc4ccc[nH+]c4)c2=O)C(=O)CC(C)(C)C3)cc1. The van der Waals surface area contributed by atoms with E-state index in [1.165, 1.54) is 10.6 Å². The van der Waals surface area contributed by atoms with E-state index >= 15 is 0 Å². The Balaban J connectivity index is 1.91. The third-order valence-corrected chi connectivity index (χ3v) is 5.39. The first-order valence-electron chi connectivity index (χ1n) is 9.92. The summed E-state index contributed by atoms with van der Waals surface area (Å²) in [4.78, 5) is 42.2. The fourth-order valence-corrected chi connectivity index (χ4v) is 3.91. The van der Waals surface area contributed by atoms with E-state index in [0.29, 0.717) is 35.5 Å². The van der Waals surface area contributed by atoms with Crippen LogP contribution >= 0.6 is 0 Å². The van der Waals surface area contributed by atoms with E-state index in [1.54, 1.807) is 24.5 Å². The smallest absolute Gasteiger partial charge is 0.268 e. The molecule has 0 unspecified atom stereocenters. The quantitative estimate of drug-likeness (QED) is 0.729. The number of hydrogen-bond acceptors (Lipinski definition) is 3. The predicted octanol–water partition coefficient (Wildman–Crippen LogP) is 3.37. The maximum Gasteiger partial charge on any atom is 0.268 e. The highest BCUT2D eigenvalue weighted by atomic mass is 16.2. The van der Waals surface area contributed by atoms with Crippen LogP contribution in [0, 0.1) is 12.3 Å². The summed E-state index contributed by atoms with van der Waals surface area (Å²) in [6.45, 7) is 6.00. The number of anilines is 1. The maximum absolute atomic E-state index is 13.5. The maximum atomic E-state index is 13.5. The minimum atomic E-state index is -0.541. The van der Waals surface area contributed by atoms with Crippen LogP contribution in [0.4, 0.5) is 5.69 Å². The number of benzene rings is 1. The molecule has 1 amide bonds. The van der Waals surface area contributed by atoms with Crippen LogP contribution in [0.25, 0.3) is 5.69 Å². The standard InChI is InChI=1S/C24H23N3O3/c1-15-6-8-17(9-7-15)27-20-12-24(2,3)13-21(28)18(20)11-19(23(27)30)22(29)26-16-5-4-10-25-14-16/h4-11,14H,12-13H2,1-3H3,(H,26,29)/p+1. The average Bonchev–Trinajstić information content (AvgIpc) is 2.68. The molecular formula is C24H24N3O3+. The molecule has 1 aliphatic carbocycles. The average molecular weight is 402 g/mol. The molecular weight excluding hydrogens is 378 g/mol. The fourth-order valence-electron chi connectivity index (χ4n) is 3.91. The zero-order valence-electron chi connectivity index (χ0n) is 17.3. The molecule has 0 aliphatic heterocycles. The lowest BCUT2D eigenvalue weighted by Crippen LogP contribution is -2.37. The molecule has 3 aromatic rings. The number of ketones is 1. The summed E-state index contributed by atoms with van der Waals surface area (Å²) in [6.07, 6.45) is 4.30. The van der Waals surface area contributed by atoms with E-state index in [0.717, 1.165) is 5.56 Å². The van der Waals surface area contributed by atoms with Gasteiger partial charge in [0, 0.05) is 29.4 Å². The molecule has 0 atom stereocenters. The zero-order valence-corrected chi connectivity index (χ0v) is 17.3. The number of fused-ring (bicyclic) bond motifs is 1. The molecule has 4 rings (SSSR count). The van der Waals surface area contributed by atoms with Gasteiger partial charge in [0.05, 0.1) is 0 Å². The molecule has 0 saturated carbocycles. The van der Waals surface area contributed by atoms with Crippen molar-refractivity contribution in [2.75, 3.05) is 5.32 Å². The van der Waals surface area contributed by atoms with Gasteiger partial charge < -0.3 is 5.32 Å². The summed E-state index contributed by atoms with van der Waals surface area (Å²) in [6, 6.07) is 12.4. The molecule has 0 radical (unpaired) electrons. The number of Topliss-reactive ketones (excluding diaryl/α,β-unsaturated/α-hetero) is 1. The highest BCUT2D eigenvalue weighted by molar-refractivity contribution is 6.06. The molecule has 30 heavy (non-hydrogen) atoms. The number of H-pyrrole nitrogens is 1. The van der Waals surface area contributed by atoms with Crippen LogP contribution in [0.1, 0.15) is 52.2 Å². The number of nitrogens with one attached hydrogen (secondary N) is 2. The number of aromatic nitrogens is 2. The third-order valence-electron chi connectivity index (χ3n) is 5.39. The first-order valence-corrected chi connectivity index (χ1v) is 9.92. The lowest BCUT2D eigenvalue weighted by atomic mass is 9.75. The Morgan fingerprint density at radius 1 is 1.10 bits per heavy atom. The van der Waals surface area contributed by atoms with Crippen LogP contribution in [0.15, 0.2) is 59.7 Å². The molecule has 0 spiro atoms. The lowest BCUT2D eigenvalue weighted by molar-refractivity contribution is -0.377. The van der Waals surface area contributed by atoms with Crippen LogP contribution in [0.2, 0.25) is 0 Å². The molecule has 1 aliphatic rings. The second-order valence-corrected chi connectivity index (χ2v) is 8.58. The summed E-state index contributed by atoms with van der Waals surface area (Å²) in [5.41, 5.74) is 2.61. The monoisotopic (exact) mass is 402 g/mol. The van der Waals surface area contributed by atoms with Gasteiger partial charge in [-0.05, 0) is 43.0 Å². The van der Waals surface area contributed by atoms with Gasteiger partial charge in [0.15, 0.2) is 18.2 Å². The molecule has 0 saturated heterocycles. The van der Waals surface area contributed by atoms with Crippen molar-refractivity contribution in [3.8, 4) is 5.69 Å². The van der Waals surface area contributed by atoms with Crippen molar-refractivity contribution in [3.05, 3.63) is 87.6 Å². The van der Waals surface area contributed by atoms with E-state index in [4.69, 9.17) is 0 Å². The second-order valence-electron chi connectivity index (χ2n) is 8.58. The van der Waals surface area contributed by atoms with Gasteiger partial charge in [-0.3, -0.25) is 19.0 Å². The number of rotatable bonds is 3. The second kappa shape index (κ2) is 7.37. The number of amides is 1. The van der Waals surface area contributed by atoms with Crippen molar-refractivity contribution in [1.82, 2.24) is 4.57 Å². The Labute approximate surface area is 174 Å². The number of carbonyl (C=O) groups excluding carboxylic acids is 2. The third kappa shape index (κ3) is 3.68. The van der Waals surface area contributed by atoms with Gasteiger partial charge in [0.2, 0.25) is 0 Å². The van der Waals surface area contributed by atoms with Crippen LogP contribution in [-0.2, 0) is 6.42 Å². The van der Waals surface area contributed by atoms with Crippen molar-refractivity contribution < 1.29 is 14.6 Å². The fraction of sp³-hybridized carbons (Fsp3) is 0.250. The first kappa shape index (κ1) is 19.8. The summed E-state index contributed by atoms with van der Waals surface area (Å²) in [7, 11) is 0. The number of pyridine rings is 2. The molecule has 6 nitrogen and oxygen atoms in total. The summed E-state index contributed by atoms with van der Waals surface area (Å²) < 4.78 is 1.53. The van der Waals surface area contributed by atoms with E-state index in [2.05, 4.69) is 10.3 Å². The lowest BCUT2D eigenvalue weighted by Gasteiger charge is -2.32. The van der Waals surface area contributed by atoms with Crippen molar-refractivity contribution in [1.29, 1.82) is 0 Å². The number of aryl methyl sites for hydroxylation is 1. The van der Waals surface area contributed by atoms with Crippen molar-refractivity contribution in [3.63, 3.8) is 0 Å². The van der Waals surface area contributed by atoms with Gasteiger partial charge >= 0.3 is 0 Å². The Kier molecular flexibility index (Phi) is 4.86. The Hall–Kier alpha value is -3.54. The van der Waals surface area contributed by atoms with E-state index in [-0.39, 0.29) is 16.8 Å². The largest absolute Gasteiger partial charge is 0.317 e. The zero-order chi connectivity index (χ0) is 21.5. The Morgan fingerprint density at radius 3 is 2.50 bits per heavy atom. The van der Waals surface area contributed by atoms with Gasteiger partial charge in [-0.15, -0.1) is 0 Å². The molecule has 0 bridgehead atoms. The van der Waals surface area contributed by atoms with Gasteiger partial charge in [0.25, 0.3) is 11.5 Å². The number of aromatic amines is 1. The highest BCUT2D eigenvalue weighted by Gasteiger charge is 2.35. The molecule has 2 N–H and O–H groups in total. The molecule has 6 heteroatoms. The van der Waals surface area contributed by atoms with Crippen LogP contribution in [0.5, 0.6) is 0 Å². The topological polar surface area (TPSA) is 82.3 Å². The van der Waals surface area contributed by atoms with E-state index < -0.39 is 11.5 Å². The number of nitrogens with zero attached hydrogens (tertiary/aromatic N) is 1. The van der Waals surface area contributed by atoms with Gasteiger partial charge in [-0.2, -0.15) is 0 Å². The van der Waals surface area contributed by atoms with Crippen LogP contribution in [0.3, 0.4) is 0 Å². The van der Waals surface area contributed by atoms with Crippen molar-refractivity contribution in [2.45, 2.75) is 33.6 Å². The summed E-state index contributed by atoms with van der Waals surface area (Å²) in [5, 5.41) is 2.73. The number of carbonyl (C=O) groups is 2. The number of hydrogen-bond donors (Lipinski definition) is 1. The van der Waals surface area contributed by atoms with Crippen molar-refractivity contribution >= 4 is 17.4 Å². The van der Waals surface area contributed by atoms with Gasteiger partial charge in [-0.1, -0.05) is 31.5 Å². The van der Waals surface area contributed by atoms with Gasteiger partial charge in [-0.25, -0.2) is 4.98 Å².